The van der Waals surface area contributed by atoms with Crippen molar-refractivity contribution in [3.8, 4) is 5.75 Å². The lowest BCUT2D eigenvalue weighted by Crippen LogP contribution is -2.11. The molecular formula is C17H25ClN2O. The van der Waals surface area contributed by atoms with Gasteiger partial charge in [-0.15, -0.1) is 11.6 Å². The molecule has 1 atom stereocenters. The van der Waals surface area contributed by atoms with Crippen LogP contribution >= 0.6 is 11.6 Å². The van der Waals surface area contributed by atoms with Gasteiger partial charge in [0.2, 0.25) is 0 Å². The molecule has 0 saturated carbocycles. The van der Waals surface area contributed by atoms with Crippen LogP contribution in [0.4, 0.5) is 0 Å². The topological polar surface area (TPSA) is 27.1 Å². The Morgan fingerprint density at radius 2 is 1.90 bits per heavy atom. The summed E-state index contributed by atoms with van der Waals surface area (Å²) in [4.78, 5) is 4.72. The molecule has 0 amide bonds. The number of ether oxygens (including phenoxy) is 1. The molecule has 2 aromatic rings. The first-order chi connectivity index (χ1) is 9.93. The lowest BCUT2D eigenvalue weighted by atomic mass is 10.0. The largest absolute Gasteiger partial charge is 0.489 e. The molecule has 1 aromatic carbocycles. The number of hydrogen-bond donors (Lipinski definition) is 0. The first kappa shape index (κ1) is 16.2. The van der Waals surface area contributed by atoms with E-state index in [0.29, 0.717) is 17.8 Å². The Balaban J connectivity index is 2.54. The van der Waals surface area contributed by atoms with Crippen molar-refractivity contribution < 1.29 is 4.74 Å². The van der Waals surface area contributed by atoms with Crippen molar-refractivity contribution in [2.75, 3.05) is 0 Å². The average molecular weight is 309 g/mol. The van der Waals surface area contributed by atoms with Gasteiger partial charge in [0.25, 0.3) is 0 Å². The fraction of sp³-hybridized carbons (Fsp3) is 0.588. The Kier molecular flexibility index (Phi) is 5.15. The quantitative estimate of drug-likeness (QED) is 0.688. The van der Waals surface area contributed by atoms with Gasteiger partial charge in [0, 0.05) is 6.04 Å². The van der Waals surface area contributed by atoms with Crippen LogP contribution in [0.2, 0.25) is 0 Å². The lowest BCUT2D eigenvalue weighted by Gasteiger charge is -2.19. The third-order valence-corrected chi connectivity index (χ3v) is 3.73. The van der Waals surface area contributed by atoms with Crippen LogP contribution in [-0.2, 0) is 5.88 Å². The zero-order chi connectivity index (χ0) is 15.6. The first-order valence-electron chi connectivity index (χ1n) is 7.66. The van der Waals surface area contributed by atoms with E-state index in [-0.39, 0.29) is 6.10 Å². The second-order valence-corrected chi connectivity index (χ2v) is 6.57. The van der Waals surface area contributed by atoms with Crippen LogP contribution < -0.4 is 4.74 Å². The molecule has 116 valence electrons. The van der Waals surface area contributed by atoms with Crippen molar-refractivity contribution in [3.63, 3.8) is 0 Å². The Hall–Kier alpha value is -1.22. The third-order valence-electron chi connectivity index (χ3n) is 3.49. The summed E-state index contributed by atoms with van der Waals surface area (Å²) >= 11 is 6.12. The molecule has 0 spiro atoms. The SMILES string of the molecule is CC(C)CC(C)n1c(CCl)nc2c(OC(C)C)cccc21. The number of halogens is 1. The van der Waals surface area contributed by atoms with Crippen LogP contribution in [0.1, 0.15) is 52.9 Å². The van der Waals surface area contributed by atoms with Gasteiger partial charge in [0.1, 0.15) is 17.1 Å². The van der Waals surface area contributed by atoms with Crippen LogP contribution in [0.15, 0.2) is 18.2 Å². The number of alkyl halides is 1. The van der Waals surface area contributed by atoms with Gasteiger partial charge < -0.3 is 9.30 Å². The highest BCUT2D eigenvalue weighted by molar-refractivity contribution is 6.16. The summed E-state index contributed by atoms with van der Waals surface area (Å²) in [6.07, 6.45) is 1.23. The molecule has 0 N–H and O–H groups in total. The van der Waals surface area contributed by atoms with Crippen LogP contribution in [0.3, 0.4) is 0 Å². The van der Waals surface area contributed by atoms with Gasteiger partial charge in [-0.25, -0.2) is 4.98 Å². The second kappa shape index (κ2) is 6.69. The van der Waals surface area contributed by atoms with Crippen LogP contribution in [0, 0.1) is 5.92 Å². The summed E-state index contributed by atoms with van der Waals surface area (Å²) in [5.74, 6) is 2.80. The molecule has 4 heteroatoms. The van der Waals surface area contributed by atoms with Crippen molar-refractivity contribution >= 4 is 22.6 Å². The number of nitrogens with zero attached hydrogens (tertiary/aromatic N) is 2. The van der Waals surface area contributed by atoms with Crippen LogP contribution in [0.5, 0.6) is 5.75 Å². The van der Waals surface area contributed by atoms with Gasteiger partial charge in [-0.2, -0.15) is 0 Å². The molecule has 0 fully saturated rings. The molecule has 0 bridgehead atoms. The smallest absolute Gasteiger partial charge is 0.147 e. The average Bonchev–Trinajstić information content (AvgIpc) is 2.76. The van der Waals surface area contributed by atoms with Gasteiger partial charge >= 0.3 is 0 Å². The molecule has 21 heavy (non-hydrogen) atoms. The van der Waals surface area contributed by atoms with Crippen LogP contribution in [-0.4, -0.2) is 15.7 Å². The number of aromatic nitrogens is 2. The van der Waals surface area contributed by atoms with E-state index in [1.165, 1.54) is 0 Å². The maximum Gasteiger partial charge on any atom is 0.147 e. The van der Waals surface area contributed by atoms with E-state index in [0.717, 1.165) is 29.0 Å². The van der Waals surface area contributed by atoms with Gasteiger partial charge in [-0.1, -0.05) is 19.9 Å². The van der Waals surface area contributed by atoms with Crippen molar-refractivity contribution in [2.24, 2.45) is 5.92 Å². The molecule has 1 unspecified atom stereocenters. The standard InChI is InChI=1S/C17H25ClN2O/c1-11(2)9-13(5)20-14-7-6-8-15(21-12(3)4)17(14)19-16(20)10-18/h6-8,11-13H,9-10H2,1-5H3. The zero-order valence-corrected chi connectivity index (χ0v) is 14.3. The summed E-state index contributed by atoms with van der Waals surface area (Å²) in [6.45, 7) is 10.8. The summed E-state index contributed by atoms with van der Waals surface area (Å²) in [5.41, 5.74) is 2.02. The minimum atomic E-state index is 0.133. The summed E-state index contributed by atoms with van der Waals surface area (Å²) in [7, 11) is 0. The van der Waals surface area contributed by atoms with E-state index in [2.05, 4.69) is 31.4 Å². The summed E-state index contributed by atoms with van der Waals surface area (Å²) in [5, 5.41) is 0. The van der Waals surface area contributed by atoms with Crippen LogP contribution in [0.25, 0.3) is 11.0 Å². The number of fused-ring (bicyclic) bond motifs is 1. The van der Waals surface area contributed by atoms with E-state index in [1.807, 2.05) is 26.0 Å². The Morgan fingerprint density at radius 1 is 1.19 bits per heavy atom. The van der Waals surface area contributed by atoms with E-state index >= 15 is 0 Å². The highest BCUT2D eigenvalue weighted by atomic mass is 35.5. The van der Waals surface area contributed by atoms with Gasteiger partial charge in [0.05, 0.1) is 17.5 Å². The third kappa shape index (κ3) is 3.52. The molecule has 1 heterocycles. The van der Waals surface area contributed by atoms with E-state index < -0.39 is 0 Å². The fourth-order valence-corrected chi connectivity index (χ4v) is 3.05. The highest BCUT2D eigenvalue weighted by Crippen LogP contribution is 2.31. The molecular weight excluding hydrogens is 284 g/mol. The number of hydrogen-bond acceptors (Lipinski definition) is 2. The maximum absolute atomic E-state index is 6.12. The number of rotatable bonds is 6. The molecule has 0 aliphatic rings. The molecule has 2 rings (SSSR count). The Bertz CT molecular complexity index is 604. The van der Waals surface area contributed by atoms with E-state index in [1.54, 1.807) is 0 Å². The van der Waals surface area contributed by atoms with Gasteiger partial charge in [-0.3, -0.25) is 0 Å². The molecule has 0 aliphatic carbocycles. The second-order valence-electron chi connectivity index (χ2n) is 6.30. The summed E-state index contributed by atoms with van der Waals surface area (Å²) < 4.78 is 8.14. The zero-order valence-electron chi connectivity index (χ0n) is 13.6. The molecule has 0 saturated heterocycles. The van der Waals surface area contributed by atoms with Crippen molar-refractivity contribution in [3.05, 3.63) is 24.0 Å². The molecule has 3 nitrogen and oxygen atoms in total. The predicted octanol–water partition coefficient (Wildman–Crippen LogP) is 5.17. The summed E-state index contributed by atoms with van der Waals surface area (Å²) in [6, 6.07) is 6.48. The lowest BCUT2D eigenvalue weighted by molar-refractivity contribution is 0.245. The van der Waals surface area contributed by atoms with Gasteiger partial charge in [0.15, 0.2) is 0 Å². The van der Waals surface area contributed by atoms with Crippen molar-refractivity contribution in [2.45, 2.75) is 59.1 Å². The number of para-hydroxylation sites is 1. The monoisotopic (exact) mass is 308 g/mol. The highest BCUT2D eigenvalue weighted by Gasteiger charge is 2.18. The van der Waals surface area contributed by atoms with Gasteiger partial charge in [-0.05, 0) is 45.2 Å². The van der Waals surface area contributed by atoms with E-state index in [4.69, 9.17) is 21.3 Å². The molecule has 0 radical (unpaired) electrons. The maximum atomic E-state index is 6.12. The minimum Gasteiger partial charge on any atom is -0.489 e. The fourth-order valence-electron chi connectivity index (χ4n) is 2.86. The van der Waals surface area contributed by atoms with Crippen molar-refractivity contribution in [1.82, 2.24) is 9.55 Å². The normalized spacial score (nSPS) is 13.3. The first-order valence-corrected chi connectivity index (χ1v) is 8.20. The predicted molar refractivity (Wildman–Crippen MR) is 89.2 cm³/mol. The number of imidazole rings is 1. The Morgan fingerprint density at radius 3 is 2.48 bits per heavy atom. The minimum absolute atomic E-state index is 0.133. The van der Waals surface area contributed by atoms with Crippen molar-refractivity contribution in [1.29, 1.82) is 0 Å². The molecule has 0 aliphatic heterocycles. The Labute approximate surface area is 132 Å². The van der Waals surface area contributed by atoms with E-state index in [9.17, 15) is 0 Å². The molecule has 1 aromatic heterocycles. The number of benzene rings is 1.